The molecule has 0 aromatic carbocycles. The summed E-state index contributed by atoms with van der Waals surface area (Å²) in [4.78, 5) is 14.1. The summed E-state index contributed by atoms with van der Waals surface area (Å²) in [6.07, 6.45) is 1.77. The number of hydrogen-bond donors (Lipinski definition) is 1. The molecular formula is C9H13N2O+. The van der Waals surface area contributed by atoms with Crippen molar-refractivity contribution >= 4 is 11.7 Å². The fraction of sp³-hybridized carbons (Fsp3) is 0.333. The molecule has 64 valence electrons. The zero-order valence-corrected chi connectivity index (χ0v) is 7.29. The van der Waals surface area contributed by atoms with Crippen LogP contribution in [0.15, 0.2) is 24.4 Å². The van der Waals surface area contributed by atoms with Gasteiger partial charge in [-0.25, -0.2) is 15.1 Å². The van der Waals surface area contributed by atoms with Gasteiger partial charge in [0.1, 0.15) is 0 Å². The Morgan fingerprint density at radius 3 is 2.75 bits per heavy atom. The molecule has 1 amide bonds. The van der Waals surface area contributed by atoms with E-state index in [1.54, 1.807) is 6.20 Å². The molecule has 0 fully saturated rings. The molecule has 0 radical (unpaired) electrons. The van der Waals surface area contributed by atoms with Crippen molar-refractivity contribution in [3.8, 4) is 0 Å². The topological polar surface area (TPSA) is 43.2 Å². The molecule has 1 heterocycles. The predicted molar refractivity (Wildman–Crippen MR) is 46.5 cm³/mol. The average molecular weight is 165 g/mol. The minimum Gasteiger partial charge on any atom is -0.247 e. The van der Waals surface area contributed by atoms with E-state index >= 15 is 0 Å². The molecule has 0 atom stereocenters. The van der Waals surface area contributed by atoms with Crippen LogP contribution in [-0.4, -0.2) is 5.91 Å². The van der Waals surface area contributed by atoms with Crippen LogP contribution >= 0.6 is 0 Å². The fourth-order valence-electron chi connectivity index (χ4n) is 0.748. The molecule has 1 rings (SSSR count). The van der Waals surface area contributed by atoms with Crippen molar-refractivity contribution < 1.29 is 9.78 Å². The molecule has 0 saturated heterocycles. The lowest BCUT2D eigenvalue weighted by Gasteiger charge is -1.98. The highest BCUT2D eigenvalue weighted by atomic mass is 16.1. The second kappa shape index (κ2) is 3.85. The molecule has 1 aromatic heterocycles. The third kappa shape index (κ3) is 2.34. The van der Waals surface area contributed by atoms with Crippen LogP contribution in [0.25, 0.3) is 0 Å². The number of amides is 1. The molecule has 0 aliphatic heterocycles. The van der Waals surface area contributed by atoms with E-state index < -0.39 is 0 Å². The lowest BCUT2D eigenvalue weighted by Crippen LogP contribution is -2.22. The number of H-pyrrole nitrogens is 1. The Labute approximate surface area is 71.8 Å². The van der Waals surface area contributed by atoms with Crippen molar-refractivity contribution in [1.29, 1.82) is 0 Å². The van der Waals surface area contributed by atoms with Gasteiger partial charge in [0.2, 0.25) is 0 Å². The average Bonchev–Trinajstić information content (AvgIpc) is 2.06. The smallest absolute Gasteiger partial charge is 0.247 e. The van der Waals surface area contributed by atoms with Gasteiger partial charge in [0.15, 0.2) is 0 Å². The Hall–Kier alpha value is -1.38. The first-order valence-electron chi connectivity index (χ1n) is 3.97. The minimum atomic E-state index is 0.0126. The van der Waals surface area contributed by atoms with Crippen molar-refractivity contribution in [3.05, 3.63) is 24.4 Å². The fourth-order valence-corrected chi connectivity index (χ4v) is 0.748. The number of hydrogen-bond acceptors (Lipinski definition) is 1. The summed E-state index contributed by atoms with van der Waals surface area (Å²) in [5.41, 5.74) is 0. The summed E-state index contributed by atoms with van der Waals surface area (Å²) in [7, 11) is 0. The van der Waals surface area contributed by atoms with Crippen LogP contribution in [0.5, 0.6) is 0 Å². The normalized spacial score (nSPS) is 9.92. The van der Waals surface area contributed by atoms with Gasteiger partial charge < -0.3 is 0 Å². The van der Waals surface area contributed by atoms with Gasteiger partial charge in [-0.3, -0.25) is 0 Å². The third-order valence-corrected chi connectivity index (χ3v) is 1.49. The largest absolute Gasteiger partial charge is 0.309 e. The maximum atomic E-state index is 11.2. The van der Waals surface area contributed by atoms with Gasteiger partial charge in [0.05, 0.1) is 12.1 Å². The van der Waals surface area contributed by atoms with E-state index in [0.29, 0.717) is 0 Å². The third-order valence-electron chi connectivity index (χ3n) is 1.49. The Bertz CT molecular complexity index is 256. The van der Waals surface area contributed by atoms with Gasteiger partial charge >= 0.3 is 5.91 Å². The van der Waals surface area contributed by atoms with Crippen LogP contribution in [0.2, 0.25) is 0 Å². The quantitative estimate of drug-likeness (QED) is 0.700. The number of carbonyl (C=O) groups excluding carboxylic acids is 1. The Morgan fingerprint density at radius 2 is 2.25 bits per heavy atom. The van der Waals surface area contributed by atoms with Gasteiger partial charge in [-0.05, 0) is 6.07 Å². The van der Waals surface area contributed by atoms with Crippen molar-refractivity contribution in [2.24, 2.45) is 5.92 Å². The highest BCUT2D eigenvalue weighted by Crippen LogP contribution is 1.99. The summed E-state index contributed by atoms with van der Waals surface area (Å²) in [6.45, 7) is 3.72. The number of aromatic amines is 1. The van der Waals surface area contributed by atoms with Crippen LogP contribution in [0.4, 0.5) is 5.82 Å². The lowest BCUT2D eigenvalue weighted by atomic mass is 10.2. The van der Waals surface area contributed by atoms with Gasteiger partial charge in [-0.2, -0.15) is 0 Å². The highest BCUT2D eigenvalue weighted by Gasteiger charge is 2.12. The number of carbonyl (C=O) groups is 1. The molecule has 0 saturated carbocycles. The van der Waals surface area contributed by atoms with Crippen LogP contribution in [0.1, 0.15) is 13.8 Å². The summed E-state index contributed by atoms with van der Waals surface area (Å²) in [5.74, 6) is 0.771. The first kappa shape index (κ1) is 8.71. The number of pyridine rings is 1. The van der Waals surface area contributed by atoms with E-state index in [1.807, 2.05) is 32.0 Å². The monoisotopic (exact) mass is 165 g/mol. The van der Waals surface area contributed by atoms with Crippen LogP contribution in [0.3, 0.4) is 0 Å². The number of aromatic nitrogens is 1. The van der Waals surface area contributed by atoms with Crippen molar-refractivity contribution in [3.63, 3.8) is 0 Å². The van der Waals surface area contributed by atoms with Crippen LogP contribution < -0.4 is 10.3 Å². The number of rotatable bonds is 2. The summed E-state index contributed by atoms with van der Waals surface area (Å²) in [5, 5.41) is 2.75. The molecule has 2 N–H and O–H groups in total. The maximum Gasteiger partial charge on any atom is 0.309 e. The second-order valence-electron chi connectivity index (χ2n) is 2.92. The maximum absolute atomic E-state index is 11.2. The molecule has 0 unspecified atom stereocenters. The van der Waals surface area contributed by atoms with E-state index in [1.165, 1.54) is 0 Å². The molecule has 0 bridgehead atoms. The minimum absolute atomic E-state index is 0.0126. The Balaban J connectivity index is 2.59. The summed E-state index contributed by atoms with van der Waals surface area (Å²) >= 11 is 0. The molecule has 3 heteroatoms. The molecule has 0 aliphatic carbocycles. The standard InChI is InChI=1S/C9H12N2O/c1-7(2)9(12)11-8-5-3-4-6-10-8/h3-7H,1-2H3,(H,10,11,12)/p+1. The van der Waals surface area contributed by atoms with Crippen LogP contribution in [0, 0.1) is 5.92 Å². The zero-order chi connectivity index (χ0) is 8.97. The summed E-state index contributed by atoms with van der Waals surface area (Å²) < 4.78 is 0. The number of nitrogens with one attached hydrogen (secondary N) is 2. The molecule has 1 aromatic rings. The highest BCUT2D eigenvalue weighted by molar-refractivity contribution is 5.90. The van der Waals surface area contributed by atoms with Gasteiger partial charge in [0.25, 0.3) is 5.82 Å². The van der Waals surface area contributed by atoms with Gasteiger partial charge in [-0.15, -0.1) is 0 Å². The first-order valence-corrected chi connectivity index (χ1v) is 3.97. The molecule has 0 aliphatic rings. The predicted octanol–water partition coefficient (Wildman–Crippen LogP) is 1.10. The molecule has 12 heavy (non-hydrogen) atoms. The van der Waals surface area contributed by atoms with Crippen molar-refractivity contribution in [2.75, 3.05) is 5.32 Å². The number of anilines is 1. The van der Waals surface area contributed by atoms with E-state index in [0.717, 1.165) is 5.82 Å². The van der Waals surface area contributed by atoms with E-state index in [4.69, 9.17) is 0 Å². The van der Waals surface area contributed by atoms with Crippen LogP contribution in [-0.2, 0) is 4.79 Å². The summed E-state index contributed by atoms with van der Waals surface area (Å²) in [6, 6.07) is 5.55. The van der Waals surface area contributed by atoms with Crippen molar-refractivity contribution in [1.82, 2.24) is 0 Å². The Kier molecular flexibility index (Phi) is 2.80. The van der Waals surface area contributed by atoms with Gasteiger partial charge in [0, 0.05) is 6.07 Å². The van der Waals surface area contributed by atoms with E-state index in [9.17, 15) is 4.79 Å². The second-order valence-corrected chi connectivity index (χ2v) is 2.92. The van der Waals surface area contributed by atoms with E-state index in [-0.39, 0.29) is 11.8 Å². The van der Waals surface area contributed by atoms with E-state index in [2.05, 4.69) is 10.3 Å². The van der Waals surface area contributed by atoms with Crippen molar-refractivity contribution in [2.45, 2.75) is 13.8 Å². The lowest BCUT2D eigenvalue weighted by molar-refractivity contribution is -0.360. The molecule has 0 spiro atoms. The SMILES string of the molecule is CC(C)C(=O)Nc1cccc[nH+]1. The zero-order valence-electron chi connectivity index (χ0n) is 7.29. The van der Waals surface area contributed by atoms with Gasteiger partial charge in [-0.1, -0.05) is 19.9 Å². The first-order chi connectivity index (χ1) is 5.70. The Morgan fingerprint density at radius 1 is 1.50 bits per heavy atom. The molecule has 3 nitrogen and oxygen atoms in total. The molecular weight excluding hydrogens is 152 g/mol.